The molecular formula is C13H27N. The molecule has 1 heterocycles. The van der Waals surface area contributed by atoms with Crippen LogP contribution in [0.1, 0.15) is 59.3 Å². The lowest BCUT2D eigenvalue weighted by Gasteiger charge is -2.27. The highest BCUT2D eigenvalue weighted by Crippen LogP contribution is 2.25. The summed E-state index contributed by atoms with van der Waals surface area (Å²) < 4.78 is 0. The van der Waals surface area contributed by atoms with Gasteiger partial charge in [0, 0.05) is 0 Å². The fraction of sp³-hybridized carbons (Fsp3) is 1.00. The van der Waals surface area contributed by atoms with E-state index in [2.05, 4.69) is 25.7 Å². The van der Waals surface area contributed by atoms with Gasteiger partial charge in [-0.05, 0) is 44.3 Å². The van der Waals surface area contributed by atoms with Gasteiger partial charge in [0.25, 0.3) is 0 Å². The van der Waals surface area contributed by atoms with Crippen LogP contribution >= 0.6 is 0 Å². The Morgan fingerprint density at radius 1 is 1.00 bits per heavy atom. The van der Waals surface area contributed by atoms with Crippen molar-refractivity contribution < 1.29 is 0 Å². The third-order valence-corrected chi connectivity index (χ3v) is 3.76. The van der Waals surface area contributed by atoms with E-state index in [0.717, 1.165) is 0 Å². The standard InChI is InChI=1S/C13H27N/c1-4-13(2,3)9-12-14-10-7-5-6-8-11-14/h4-12H2,1-3H3. The zero-order chi connectivity index (χ0) is 10.4. The van der Waals surface area contributed by atoms with Gasteiger partial charge in [0.05, 0.1) is 0 Å². The molecule has 0 aromatic rings. The van der Waals surface area contributed by atoms with Crippen LogP contribution < -0.4 is 0 Å². The Morgan fingerprint density at radius 2 is 1.57 bits per heavy atom. The first kappa shape index (κ1) is 12.0. The molecule has 1 saturated heterocycles. The molecule has 0 radical (unpaired) electrons. The molecule has 0 unspecified atom stereocenters. The van der Waals surface area contributed by atoms with Gasteiger partial charge in [-0.25, -0.2) is 0 Å². The average molecular weight is 197 g/mol. The SMILES string of the molecule is CCC(C)(C)CCN1CCCCCC1. The van der Waals surface area contributed by atoms with Crippen LogP contribution in [0.2, 0.25) is 0 Å². The maximum absolute atomic E-state index is 2.67. The Labute approximate surface area is 89.9 Å². The van der Waals surface area contributed by atoms with E-state index < -0.39 is 0 Å². The lowest BCUT2D eigenvalue weighted by atomic mass is 9.86. The van der Waals surface area contributed by atoms with Crippen LogP contribution in [-0.4, -0.2) is 24.5 Å². The molecule has 0 aromatic carbocycles. The quantitative estimate of drug-likeness (QED) is 0.664. The molecule has 1 fully saturated rings. The van der Waals surface area contributed by atoms with E-state index in [1.54, 1.807) is 0 Å². The highest BCUT2D eigenvalue weighted by atomic mass is 15.1. The van der Waals surface area contributed by atoms with E-state index in [-0.39, 0.29) is 0 Å². The summed E-state index contributed by atoms with van der Waals surface area (Å²) in [6.45, 7) is 11.1. The van der Waals surface area contributed by atoms with Gasteiger partial charge in [0.1, 0.15) is 0 Å². The van der Waals surface area contributed by atoms with E-state index >= 15 is 0 Å². The number of rotatable bonds is 4. The molecule has 0 amide bonds. The summed E-state index contributed by atoms with van der Waals surface area (Å²) in [6.07, 6.45) is 8.42. The van der Waals surface area contributed by atoms with E-state index in [1.807, 2.05) is 0 Å². The van der Waals surface area contributed by atoms with Gasteiger partial charge in [-0.2, -0.15) is 0 Å². The molecule has 1 nitrogen and oxygen atoms in total. The molecule has 0 aliphatic carbocycles. The van der Waals surface area contributed by atoms with E-state index in [0.29, 0.717) is 5.41 Å². The largest absolute Gasteiger partial charge is 0.303 e. The average Bonchev–Trinajstić information content (AvgIpc) is 2.43. The summed E-state index contributed by atoms with van der Waals surface area (Å²) in [4.78, 5) is 2.67. The van der Waals surface area contributed by atoms with Crippen LogP contribution in [0.3, 0.4) is 0 Å². The monoisotopic (exact) mass is 197 g/mol. The predicted molar refractivity (Wildman–Crippen MR) is 63.6 cm³/mol. The number of hydrogen-bond acceptors (Lipinski definition) is 1. The number of nitrogens with zero attached hydrogens (tertiary/aromatic N) is 1. The zero-order valence-electron chi connectivity index (χ0n) is 10.3. The van der Waals surface area contributed by atoms with Crippen LogP contribution in [0.4, 0.5) is 0 Å². The molecule has 0 N–H and O–H groups in total. The van der Waals surface area contributed by atoms with Gasteiger partial charge in [-0.15, -0.1) is 0 Å². The molecule has 0 bridgehead atoms. The van der Waals surface area contributed by atoms with E-state index in [9.17, 15) is 0 Å². The predicted octanol–water partition coefficient (Wildman–Crippen LogP) is 3.69. The fourth-order valence-corrected chi connectivity index (χ4v) is 2.00. The van der Waals surface area contributed by atoms with Crippen molar-refractivity contribution in [1.82, 2.24) is 4.90 Å². The minimum Gasteiger partial charge on any atom is -0.303 e. The highest BCUT2D eigenvalue weighted by Gasteiger charge is 2.17. The van der Waals surface area contributed by atoms with Crippen LogP contribution in [0.25, 0.3) is 0 Å². The van der Waals surface area contributed by atoms with Gasteiger partial charge < -0.3 is 4.90 Å². The third-order valence-electron chi connectivity index (χ3n) is 3.76. The molecule has 1 aliphatic heterocycles. The van der Waals surface area contributed by atoms with Gasteiger partial charge in [0.2, 0.25) is 0 Å². The van der Waals surface area contributed by atoms with Crippen molar-refractivity contribution in [3.8, 4) is 0 Å². The van der Waals surface area contributed by atoms with Crippen LogP contribution in [0.5, 0.6) is 0 Å². The zero-order valence-corrected chi connectivity index (χ0v) is 10.3. The smallest absolute Gasteiger partial charge is 0.00137 e. The second kappa shape index (κ2) is 5.75. The Hall–Kier alpha value is -0.0400. The Bertz CT molecular complexity index is 143. The molecule has 1 aliphatic rings. The molecule has 0 aromatic heterocycles. The van der Waals surface area contributed by atoms with Crippen LogP contribution in [-0.2, 0) is 0 Å². The summed E-state index contributed by atoms with van der Waals surface area (Å²) in [5.74, 6) is 0. The Morgan fingerprint density at radius 3 is 2.07 bits per heavy atom. The molecule has 1 rings (SSSR count). The molecular weight excluding hydrogens is 170 g/mol. The highest BCUT2D eigenvalue weighted by molar-refractivity contribution is 4.70. The van der Waals surface area contributed by atoms with Gasteiger partial charge in [-0.3, -0.25) is 0 Å². The minimum absolute atomic E-state index is 0.548. The van der Waals surface area contributed by atoms with E-state index in [4.69, 9.17) is 0 Å². The van der Waals surface area contributed by atoms with Gasteiger partial charge in [0.15, 0.2) is 0 Å². The summed E-state index contributed by atoms with van der Waals surface area (Å²) in [7, 11) is 0. The van der Waals surface area contributed by atoms with Crippen LogP contribution in [0.15, 0.2) is 0 Å². The lowest BCUT2D eigenvalue weighted by molar-refractivity contribution is 0.218. The van der Waals surface area contributed by atoms with Gasteiger partial charge >= 0.3 is 0 Å². The van der Waals surface area contributed by atoms with Crippen molar-refractivity contribution in [3.63, 3.8) is 0 Å². The number of hydrogen-bond donors (Lipinski definition) is 0. The van der Waals surface area contributed by atoms with Crippen molar-refractivity contribution >= 4 is 0 Å². The van der Waals surface area contributed by atoms with Crippen molar-refractivity contribution in [2.45, 2.75) is 59.3 Å². The van der Waals surface area contributed by atoms with Gasteiger partial charge in [-0.1, -0.05) is 40.0 Å². The molecule has 0 spiro atoms. The summed E-state index contributed by atoms with van der Waals surface area (Å²) in [5.41, 5.74) is 0.548. The molecule has 0 saturated carbocycles. The van der Waals surface area contributed by atoms with Crippen molar-refractivity contribution in [1.29, 1.82) is 0 Å². The Balaban J connectivity index is 2.22. The van der Waals surface area contributed by atoms with E-state index in [1.165, 1.54) is 58.2 Å². The molecule has 14 heavy (non-hydrogen) atoms. The third kappa shape index (κ3) is 4.45. The fourth-order valence-electron chi connectivity index (χ4n) is 2.00. The minimum atomic E-state index is 0.548. The first-order valence-electron chi connectivity index (χ1n) is 6.36. The summed E-state index contributed by atoms with van der Waals surface area (Å²) in [5, 5.41) is 0. The molecule has 0 atom stereocenters. The van der Waals surface area contributed by atoms with Crippen molar-refractivity contribution in [2.75, 3.05) is 19.6 Å². The summed E-state index contributed by atoms with van der Waals surface area (Å²) >= 11 is 0. The van der Waals surface area contributed by atoms with Crippen LogP contribution in [0, 0.1) is 5.41 Å². The maximum atomic E-state index is 2.67. The normalized spacial score (nSPS) is 20.8. The maximum Gasteiger partial charge on any atom is -0.00137 e. The topological polar surface area (TPSA) is 3.24 Å². The number of likely N-dealkylation sites (tertiary alicyclic amines) is 1. The first-order chi connectivity index (χ1) is 6.64. The lowest BCUT2D eigenvalue weighted by Crippen LogP contribution is -2.29. The van der Waals surface area contributed by atoms with Crippen molar-refractivity contribution in [2.24, 2.45) is 5.41 Å². The molecule has 84 valence electrons. The summed E-state index contributed by atoms with van der Waals surface area (Å²) in [6, 6.07) is 0. The Kier molecular flexibility index (Phi) is 4.94. The second-order valence-electron chi connectivity index (χ2n) is 5.52. The second-order valence-corrected chi connectivity index (χ2v) is 5.52. The van der Waals surface area contributed by atoms with Crippen molar-refractivity contribution in [3.05, 3.63) is 0 Å². The first-order valence-corrected chi connectivity index (χ1v) is 6.36. The molecule has 1 heteroatoms.